The van der Waals surface area contributed by atoms with E-state index < -0.39 is 36.1 Å². The number of nitro groups is 1. The summed E-state index contributed by atoms with van der Waals surface area (Å²) in [6.45, 7) is 2.23. The van der Waals surface area contributed by atoms with Crippen molar-refractivity contribution >= 4 is 34.6 Å². The van der Waals surface area contributed by atoms with Crippen LogP contribution in [0, 0.1) is 10.1 Å². The lowest BCUT2D eigenvalue weighted by Gasteiger charge is -2.17. The summed E-state index contributed by atoms with van der Waals surface area (Å²) in [5.74, 6) is 0.877. The quantitative estimate of drug-likeness (QED) is 0.153. The van der Waals surface area contributed by atoms with Gasteiger partial charge in [-0.15, -0.1) is 0 Å². The molecule has 1 saturated heterocycles. The normalized spacial score (nSPS) is 22.7. The Balaban J connectivity index is 1.65. The van der Waals surface area contributed by atoms with E-state index in [9.17, 15) is 25.4 Å². The molecule has 0 radical (unpaired) electrons. The van der Waals surface area contributed by atoms with Gasteiger partial charge in [0.2, 0.25) is 5.95 Å². The highest BCUT2D eigenvalue weighted by Gasteiger charge is 2.44. The number of imidazole rings is 1. The summed E-state index contributed by atoms with van der Waals surface area (Å²) < 4.78 is 7.16. The van der Waals surface area contributed by atoms with Crippen molar-refractivity contribution in [3.05, 3.63) is 46.3 Å². The predicted octanol–water partition coefficient (Wildman–Crippen LogP) is 1.46. The molecule has 4 rings (SSSR count). The molecule has 1 aliphatic heterocycles. The molecule has 33 heavy (non-hydrogen) atoms. The van der Waals surface area contributed by atoms with Crippen LogP contribution in [-0.4, -0.2) is 71.2 Å². The third-order valence-electron chi connectivity index (χ3n) is 5.24. The van der Waals surface area contributed by atoms with Gasteiger partial charge in [0.15, 0.2) is 11.9 Å². The highest BCUT2D eigenvalue weighted by atomic mass is 32.2. The Hall–Kier alpha value is -2.84. The van der Waals surface area contributed by atoms with Gasteiger partial charge in [0.1, 0.15) is 28.9 Å². The number of nitrogens with zero attached hydrogens (tertiary/aromatic N) is 5. The number of hydrogen-bond donors (Lipinski definition) is 4. The second-order valence-electron chi connectivity index (χ2n) is 7.54. The highest BCUT2D eigenvalue weighted by molar-refractivity contribution is 7.98. The van der Waals surface area contributed by atoms with Crippen LogP contribution >= 0.6 is 11.8 Å². The first-order valence-corrected chi connectivity index (χ1v) is 11.4. The van der Waals surface area contributed by atoms with Crippen molar-refractivity contribution < 1.29 is 25.0 Å². The Bertz CT molecular complexity index is 1130. The van der Waals surface area contributed by atoms with Crippen LogP contribution in [0.3, 0.4) is 0 Å². The lowest BCUT2D eigenvalue weighted by atomic mass is 10.1. The first kappa shape index (κ1) is 23.3. The molecule has 0 amide bonds. The van der Waals surface area contributed by atoms with Gasteiger partial charge in [-0.05, 0) is 12.0 Å². The molecule has 0 aliphatic carbocycles. The van der Waals surface area contributed by atoms with Gasteiger partial charge >= 0.3 is 0 Å². The van der Waals surface area contributed by atoms with Gasteiger partial charge in [0.05, 0.1) is 17.9 Å². The van der Waals surface area contributed by atoms with Crippen molar-refractivity contribution in [3.63, 3.8) is 0 Å². The van der Waals surface area contributed by atoms with Crippen molar-refractivity contribution in [2.75, 3.05) is 18.5 Å². The topological polar surface area (TPSA) is 169 Å². The number of hydrogen-bond acceptors (Lipinski definition) is 11. The van der Waals surface area contributed by atoms with Crippen molar-refractivity contribution in [2.24, 2.45) is 0 Å². The number of aromatic nitrogens is 4. The van der Waals surface area contributed by atoms with Crippen LogP contribution < -0.4 is 5.32 Å². The summed E-state index contributed by atoms with van der Waals surface area (Å²) in [6, 6.07) is 6.29. The first-order chi connectivity index (χ1) is 15.9. The maximum Gasteiger partial charge on any atom is 0.269 e. The largest absolute Gasteiger partial charge is 0.394 e. The third kappa shape index (κ3) is 4.77. The standard InChI is InChI=1S/C20H24N6O6S/c1-2-7-21-20-23-17-14(22-10-25(17)19-16(29)15(28)13(8-27)32-19)18(24-20)33-9-11-3-5-12(6-4-11)26(30)31/h3-6,10,13,15-16,19,27-29H,2,7-9H2,1H3,(H,21,23,24)/t13-,15-,16-,19-/m1/s1. The molecule has 1 fully saturated rings. The monoisotopic (exact) mass is 476 g/mol. The van der Waals surface area contributed by atoms with Gasteiger partial charge in [-0.2, -0.15) is 4.98 Å². The first-order valence-electron chi connectivity index (χ1n) is 10.4. The van der Waals surface area contributed by atoms with Crippen molar-refractivity contribution in [1.29, 1.82) is 0 Å². The molecule has 0 unspecified atom stereocenters. The molecule has 3 heterocycles. The van der Waals surface area contributed by atoms with E-state index in [4.69, 9.17) is 4.74 Å². The Morgan fingerprint density at radius 3 is 2.64 bits per heavy atom. The highest BCUT2D eigenvalue weighted by Crippen LogP contribution is 2.34. The summed E-state index contributed by atoms with van der Waals surface area (Å²) in [4.78, 5) is 23.9. The molecule has 1 aliphatic rings. The van der Waals surface area contributed by atoms with Gasteiger partial charge < -0.3 is 25.4 Å². The van der Waals surface area contributed by atoms with Gasteiger partial charge in [-0.3, -0.25) is 14.7 Å². The Kier molecular flexibility index (Phi) is 7.05. The maximum absolute atomic E-state index is 10.9. The molecule has 4 atom stereocenters. The number of thioether (sulfide) groups is 1. The fraction of sp³-hybridized carbons (Fsp3) is 0.450. The number of ether oxygens (including phenoxy) is 1. The second-order valence-corrected chi connectivity index (χ2v) is 8.51. The molecule has 13 heteroatoms. The summed E-state index contributed by atoms with van der Waals surface area (Å²) in [6.07, 6.45) is -2.08. The molecule has 0 saturated carbocycles. The van der Waals surface area contributed by atoms with Crippen LogP contribution in [0.15, 0.2) is 35.6 Å². The summed E-state index contributed by atoms with van der Waals surface area (Å²) in [5, 5.41) is 44.6. The molecule has 4 N–H and O–H groups in total. The summed E-state index contributed by atoms with van der Waals surface area (Å²) >= 11 is 1.40. The van der Waals surface area contributed by atoms with E-state index in [0.29, 0.717) is 34.4 Å². The SMILES string of the molecule is CCCNc1nc(SCc2ccc([N+](=O)[O-])cc2)c2ncn([C@@H]3O[C@H](CO)[C@@H](O)[C@H]3O)c2n1. The number of fused-ring (bicyclic) bond motifs is 1. The summed E-state index contributed by atoms with van der Waals surface area (Å²) in [5.41, 5.74) is 1.80. The zero-order chi connectivity index (χ0) is 23.5. The maximum atomic E-state index is 10.9. The van der Waals surface area contributed by atoms with Gasteiger partial charge in [-0.1, -0.05) is 30.8 Å². The Morgan fingerprint density at radius 2 is 2.00 bits per heavy atom. The van der Waals surface area contributed by atoms with Crippen molar-refractivity contribution in [3.8, 4) is 0 Å². The number of rotatable bonds is 9. The van der Waals surface area contributed by atoms with Gasteiger partial charge in [0, 0.05) is 24.4 Å². The molecule has 12 nitrogen and oxygen atoms in total. The van der Waals surface area contributed by atoms with Crippen LogP contribution in [0.25, 0.3) is 11.2 Å². The minimum Gasteiger partial charge on any atom is -0.394 e. The van der Waals surface area contributed by atoms with E-state index in [0.717, 1.165) is 12.0 Å². The number of benzene rings is 1. The smallest absolute Gasteiger partial charge is 0.269 e. The third-order valence-corrected chi connectivity index (χ3v) is 6.27. The number of anilines is 1. The van der Waals surface area contributed by atoms with E-state index in [1.54, 1.807) is 12.1 Å². The van der Waals surface area contributed by atoms with Gasteiger partial charge in [-0.25, -0.2) is 9.97 Å². The molecule has 0 bridgehead atoms. The van der Waals surface area contributed by atoms with E-state index >= 15 is 0 Å². The van der Waals surface area contributed by atoms with Crippen LogP contribution in [-0.2, 0) is 10.5 Å². The number of aliphatic hydroxyl groups excluding tert-OH is 3. The van der Waals surface area contributed by atoms with Crippen molar-refractivity contribution in [1.82, 2.24) is 19.5 Å². The number of nitro benzene ring substituents is 1. The van der Waals surface area contributed by atoms with E-state index in [1.165, 1.54) is 34.8 Å². The number of non-ortho nitro benzene ring substituents is 1. The van der Waals surface area contributed by atoms with E-state index in [1.807, 2.05) is 6.92 Å². The lowest BCUT2D eigenvalue weighted by Crippen LogP contribution is -2.33. The molecule has 176 valence electrons. The second kappa shape index (κ2) is 9.97. The molecule has 0 spiro atoms. The average molecular weight is 477 g/mol. The fourth-order valence-corrected chi connectivity index (χ4v) is 4.40. The summed E-state index contributed by atoms with van der Waals surface area (Å²) in [7, 11) is 0. The molecule has 3 aromatic rings. The molecule has 2 aromatic heterocycles. The minimum absolute atomic E-state index is 0.0245. The van der Waals surface area contributed by atoms with Crippen LogP contribution in [0.1, 0.15) is 25.1 Å². The lowest BCUT2D eigenvalue weighted by molar-refractivity contribution is -0.384. The minimum atomic E-state index is -1.27. The Morgan fingerprint density at radius 1 is 1.24 bits per heavy atom. The predicted molar refractivity (Wildman–Crippen MR) is 120 cm³/mol. The van der Waals surface area contributed by atoms with Crippen LogP contribution in [0.2, 0.25) is 0 Å². The molecule has 1 aromatic carbocycles. The van der Waals surface area contributed by atoms with E-state index in [-0.39, 0.29) is 5.69 Å². The van der Waals surface area contributed by atoms with Crippen LogP contribution in [0.5, 0.6) is 0 Å². The van der Waals surface area contributed by atoms with E-state index in [2.05, 4.69) is 20.3 Å². The average Bonchev–Trinajstić information content (AvgIpc) is 3.37. The zero-order valence-electron chi connectivity index (χ0n) is 17.7. The van der Waals surface area contributed by atoms with Crippen molar-refractivity contribution in [2.45, 2.75) is 48.7 Å². The number of nitrogens with one attached hydrogen (secondary N) is 1. The van der Waals surface area contributed by atoms with Gasteiger partial charge in [0.25, 0.3) is 5.69 Å². The fourth-order valence-electron chi connectivity index (χ4n) is 3.47. The van der Waals surface area contributed by atoms with Crippen LogP contribution in [0.4, 0.5) is 11.6 Å². The zero-order valence-corrected chi connectivity index (χ0v) is 18.6. The Labute approximate surface area is 192 Å². The molecular formula is C20H24N6O6S. The number of aliphatic hydroxyl groups is 3. The molecular weight excluding hydrogens is 452 g/mol.